The zero-order valence-corrected chi connectivity index (χ0v) is 19.4. The van der Waals surface area contributed by atoms with E-state index in [9.17, 15) is 18.5 Å². The van der Waals surface area contributed by atoms with E-state index >= 15 is 0 Å². The lowest BCUT2D eigenvalue weighted by Gasteiger charge is -2.29. The van der Waals surface area contributed by atoms with Gasteiger partial charge in [-0.05, 0) is 35.1 Å². The Morgan fingerprint density at radius 3 is 2.32 bits per heavy atom. The van der Waals surface area contributed by atoms with Crippen LogP contribution in [0, 0.1) is 17.2 Å². The lowest BCUT2D eigenvalue weighted by molar-refractivity contribution is -0.134. The van der Waals surface area contributed by atoms with Crippen LogP contribution in [0.1, 0.15) is 44.7 Å². The molecule has 2 rings (SSSR count). The van der Waals surface area contributed by atoms with E-state index in [1.165, 1.54) is 0 Å². The Labute approximate surface area is 185 Å². The Hall–Kier alpha value is -2.69. The summed E-state index contributed by atoms with van der Waals surface area (Å²) in [5.41, 5.74) is 3.37. The molecule has 0 saturated carbocycles. The molecule has 0 aliphatic rings. The second kappa shape index (κ2) is 11.1. The van der Waals surface area contributed by atoms with Crippen molar-refractivity contribution in [3.63, 3.8) is 0 Å². The van der Waals surface area contributed by atoms with Crippen LogP contribution in [0.3, 0.4) is 0 Å². The SMILES string of the molecule is CCCCN(Cc1ccc(-c2ccccc2C#N)cc1)C(=O)[C@@H](NS(C)(=O)=O)C(C)C. The molecule has 2 aromatic carbocycles. The first-order valence-electron chi connectivity index (χ1n) is 10.5. The molecule has 31 heavy (non-hydrogen) atoms. The molecule has 1 amide bonds. The number of carbonyl (C=O) groups is 1. The lowest BCUT2D eigenvalue weighted by atomic mass is 9.99. The molecule has 0 bridgehead atoms. The van der Waals surface area contributed by atoms with Crippen molar-refractivity contribution in [1.29, 1.82) is 5.26 Å². The zero-order valence-electron chi connectivity index (χ0n) is 18.6. The number of nitriles is 1. The number of nitrogens with one attached hydrogen (secondary N) is 1. The van der Waals surface area contributed by atoms with E-state index in [2.05, 4.69) is 17.7 Å². The number of benzene rings is 2. The van der Waals surface area contributed by atoms with Gasteiger partial charge in [-0.15, -0.1) is 0 Å². The van der Waals surface area contributed by atoms with E-state index in [0.717, 1.165) is 35.8 Å². The quantitative estimate of drug-likeness (QED) is 0.605. The first-order valence-corrected chi connectivity index (χ1v) is 12.4. The minimum Gasteiger partial charge on any atom is -0.337 e. The number of hydrogen-bond donors (Lipinski definition) is 1. The van der Waals surface area contributed by atoms with Crippen LogP contribution in [-0.4, -0.2) is 38.1 Å². The summed E-state index contributed by atoms with van der Waals surface area (Å²) < 4.78 is 26.0. The molecule has 7 heteroatoms. The molecule has 1 N–H and O–H groups in total. The molecule has 1 atom stereocenters. The Bertz CT molecular complexity index is 1020. The van der Waals surface area contributed by atoms with Crippen molar-refractivity contribution in [3.05, 3.63) is 59.7 Å². The first-order chi connectivity index (χ1) is 14.7. The van der Waals surface area contributed by atoms with Crippen LogP contribution in [-0.2, 0) is 21.4 Å². The van der Waals surface area contributed by atoms with Gasteiger partial charge in [0.25, 0.3) is 0 Å². The summed E-state index contributed by atoms with van der Waals surface area (Å²) in [4.78, 5) is 14.9. The van der Waals surface area contributed by atoms with Crippen LogP contribution in [0.2, 0.25) is 0 Å². The van der Waals surface area contributed by atoms with E-state index in [-0.39, 0.29) is 11.8 Å². The molecular weight excluding hydrogens is 410 g/mol. The number of rotatable bonds is 10. The van der Waals surface area contributed by atoms with Crippen LogP contribution in [0.25, 0.3) is 11.1 Å². The summed E-state index contributed by atoms with van der Waals surface area (Å²) in [6.07, 6.45) is 2.84. The number of nitrogens with zero attached hydrogens (tertiary/aromatic N) is 2. The van der Waals surface area contributed by atoms with Crippen molar-refractivity contribution in [2.75, 3.05) is 12.8 Å². The number of amides is 1. The van der Waals surface area contributed by atoms with Gasteiger partial charge in [-0.1, -0.05) is 69.7 Å². The molecule has 0 aromatic heterocycles. The summed E-state index contributed by atoms with van der Waals surface area (Å²) in [7, 11) is -3.51. The molecule has 0 spiro atoms. The molecule has 0 saturated heterocycles. The van der Waals surface area contributed by atoms with Crippen LogP contribution >= 0.6 is 0 Å². The van der Waals surface area contributed by atoms with Gasteiger partial charge in [0.05, 0.1) is 17.9 Å². The molecule has 0 radical (unpaired) electrons. The maximum Gasteiger partial charge on any atom is 0.241 e. The predicted molar refractivity (Wildman–Crippen MR) is 124 cm³/mol. The topological polar surface area (TPSA) is 90.3 Å². The van der Waals surface area contributed by atoms with Crippen LogP contribution < -0.4 is 4.72 Å². The Balaban J connectivity index is 2.25. The van der Waals surface area contributed by atoms with Crippen molar-refractivity contribution < 1.29 is 13.2 Å². The smallest absolute Gasteiger partial charge is 0.241 e. The average molecular weight is 442 g/mol. The summed E-state index contributed by atoms with van der Waals surface area (Å²) >= 11 is 0. The molecule has 0 fully saturated rings. The zero-order chi connectivity index (χ0) is 23.0. The van der Waals surface area contributed by atoms with Crippen LogP contribution in [0.4, 0.5) is 0 Å². The predicted octanol–water partition coefficient (Wildman–Crippen LogP) is 3.93. The number of hydrogen-bond acceptors (Lipinski definition) is 4. The lowest BCUT2D eigenvalue weighted by Crippen LogP contribution is -2.50. The van der Waals surface area contributed by atoms with Gasteiger partial charge in [-0.25, -0.2) is 13.1 Å². The first kappa shape index (κ1) is 24.6. The fourth-order valence-corrected chi connectivity index (χ4v) is 4.19. The van der Waals surface area contributed by atoms with Crippen molar-refractivity contribution in [2.24, 2.45) is 5.92 Å². The maximum atomic E-state index is 13.2. The highest BCUT2D eigenvalue weighted by Gasteiger charge is 2.29. The van der Waals surface area contributed by atoms with E-state index in [0.29, 0.717) is 18.7 Å². The highest BCUT2D eigenvalue weighted by atomic mass is 32.2. The van der Waals surface area contributed by atoms with Crippen LogP contribution in [0.15, 0.2) is 48.5 Å². The van der Waals surface area contributed by atoms with E-state index in [4.69, 9.17) is 0 Å². The average Bonchev–Trinajstić information content (AvgIpc) is 2.74. The van der Waals surface area contributed by atoms with Gasteiger partial charge in [0.2, 0.25) is 15.9 Å². The van der Waals surface area contributed by atoms with Gasteiger partial charge >= 0.3 is 0 Å². The van der Waals surface area contributed by atoms with E-state index in [1.54, 1.807) is 11.0 Å². The largest absolute Gasteiger partial charge is 0.337 e. The third-order valence-corrected chi connectivity index (χ3v) is 5.73. The number of unbranched alkanes of at least 4 members (excludes halogenated alkanes) is 1. The Morgan fingerprint density at radius 2 is 1.77 bits per heavy atom. The van der Waals surface area contributed by atoms with Gasteiger partial charge in [0, 0.05) is 13.1 Å². The van der Waals surface area contributed by atoms with Crippen molar-refractivity contribution in [3.8, 4) is 17.2 Å². The fourth-order valence-electron chi connectivity index (χ4n) is 3.36. The summed E-state index contributed by atoms with van der Waals surface area (Å²) in [6, 6.07) is 16.6. The van der Waals surface area contributed by atoms with Crippen LogP contribution in [0.5, 0.6) is 0 Å². The highest BCUT2D eigenvalue weighted by molar-refractivity contribution is 7.88. The van der Waals surface area contributed by atoms with Gasteiger partial charge in [0.1, 0.15) is 6.04 Å². The van der Waals surface area contributed by atoms with E-state index < -0.39 is 16.1 Å². The van der Waals surface area contributed by atoms with Gasteiger partial charge in [0.15, 0.2) is 0 Å². The third-order valence-electron chi connectivity index (χ3n) is 5.05. The van der Waals surface area contributed by atoms with Crippen molar-refractivity contribution >= 4 is 15.9 Å². The molecule has 166 valence electrons. The second-order valence-corrected chi connectivity index (χ2v) is 9.86. The van der Waals surface area contributed by atoms with Crippen molar-refractivity contribution in [2.45, 2.75) is 46.2 Å². The molecule has 0 unspecified atom stereocenters. The standard InChI is InChI=1S/C24H31N3O3S/c1-5-6-15-27(24(28)23(18(2)3)26-31(4,29)30)17-19-11-13-20(14-12-19)22-10-8-7-9-21(22)16-25/h7-14,18,23,26H,5-6,15,17H2,1-4H3/t23-/m0/s1. The molecule has 0 aliphatic heterocycles. The minimum atomic E-state index is -3.51. The van der Waals surface area contributed by atoms with Gasteiger partial charge in [-0.2, -0.15) is 5.26 Å². The summed E-state index contributed by atoms with van der Waals surface area (Å²) in [5.74, 6) is -0.385. The number of carbonyl (C=O) groups excluding carboxylic acids is 1. The molecule has 0 heterocycles. The monoisotopic (exact) mass is 441 g/mol. The summed E-state index contributed by atoms with van der Waals surface area (Å²) in [6.45, 7) is 6.68. The molecular formula is C24H31N3O3S. The van der Waals surface area contributed by atoms with Gasteiger partial charge in [-0.3, -0.25) is 4.79 Å². The summed E-state index contributed by atoms with van der Waals surface area (Å²) in [5, 5.41) is 9.33. The molecule has 0 aliphatic carbocycles. The number of sulfonamides is 1. The Kier molecular flexibility index (Phi) is 8.78. The van der Waals surface area contributed by atoms with Crippen molar-refractivity contribution in [1.82, 2.24) is 9.62 Å². The molecule has 2 aromatic rings. The maximum absolute atomic E-state index is 13.2. The normalized spacial score (nSPS) is 12.4. The van der Waals surface area contributed by atoms with E-state index in [1.807, 2.05) is 56.3 Å². The second-order valence-electron chi connectivity index (χ2n) is 8.08. The third kappa shape index (κ3) is 7.20. The Morgan fingerprint density at radius 1 is 1.13 bits per heavy atom. The highest BCUT2D eigenvalue weighted by Crippen LogP contribution is 2.24. The van der Waals surface area contributed by atoms with Gasteiger partial charge < -0.3 is 4.90 Å². The minimum absolute atomic E-state index is 0.170. The fraction of sp³-hybridized carbons (Fsp3) is 0.417. The molecule has 6 nitrogen and oxygen atoms in total.